The van der Waals surface area contributed by atoms with Crippen molar-refractivity contribution < 1.29 is 18.9 Å². The third-order valence-electron chi connectivity index (χ3n) is 5.35. The van der Waals surface area contributed by atoms with Gasteiger partial charge in [-0.3, -0.25) is 4.57 Å². The Morgan fingerprint density at radius 2 is 2.17 bits per heavy atom. The normalized spacial score (nSPS) is 33.0. The molecule has 2 aromatic rings. The molecular formula is C17H22N8O4. The van der Waals surface area contributed by atoms with Gasteiger partial charge in [0.2, 0.25) is 0 Å². The van der Waals surface area contributed by atoms with Crippen molar-refractivity contribution in [3.05, 3.63) is 23.1 Å². The lowest BCUT2D eigenvalue weighted by Gasteiger charge is -2.24. The van der Waals surface area contributed by atoms with Crippen LogP contribution in [0.25, 0.3) is 21.6 Å². The number of hydrogen-bond donors (Lipinski definition) is 1. The highest BCUT2D eigenvalue weighted by atomic mass is 16.8. The summed E-state index contributed by atoms with van der Waals surface area (Å²) in [5.41, 5.74) is 9.97. The van der Waals surface area contributed by atoms with Crippen LogP contribution in [0.1, 0.15) is 26.5 Å². The van der Waals surface area contributed by atoms with E-state index >= 15 is 0 Å². The van der Waals surface area contributed by atoms with Crippen LogP contribution in [-0.4, -0.2) is 69.4 Å². The summed E-state index contributed by atoms with van der Waals surface area (Å²) < 4.78 is 25.5. The molecule has 3 saturated heterocycles. The van der Waals surface area contributed by atoms with E-state index in [0.29, 0.717) is 23.6 Å². The molecule has 12 heteroatoms. The van der Waals surface area contributed by atoms with Gasteiger partial charge in [-0.25, -0.2) is 15.0 Å². The van der Waals surface area contributed by atoms with Gasteiger partial charge in [0.15, 0.2) is 29.0 Å². The van der Waals surface area contributed by atoms with Crippen LogP contribution in [0, 0.1) is 0 Å². The highest BCUT2D eigenvalue weighted by molar-refractivity contribution is 5.82. The molecule has 5 atom stereocenters. The fourth-order valence-electron chi connectivity index (χ4n) is 4.13. The summed E-state index contributed by atoms with van der Waals surface area (Å²) in [6, 6.07) is 0.200. The predicted octanol–water partition coefficient (Wildman–Crippen LogP) is 1.75. The number of anilines is 1. The van der Waals surface area contributed by atoms with Crippen molar-refractivity contribution in [3.63, 3.8) is 0 Å². The van der Waals surface area contributed by atoms with E-state index < -0.39 is 18.1 Å². The van der Waals surface area contributed by atoms with Gasteiger partial charge in [0.25, 0.3) is 0 Å². The standard InChI is InChI=1S/C17H22N8O4/c1-17(2)28-12-10(5-22-24-18)27-16(13(12)29-17)25-8-21-11-14(19-7-20-15(11)25)23-9-3-4-26-6-9/h7-10,12-13,16H,3-6H2,1-2H3,(H,19,20,23)/t9?,10-,12-,13-,16-/m1/s1. The predicted molar refractivity (Wildman–Crippen MR) is 99.9 cm³/mol. The molecule has 0 radical (unpaired) electrons. The number of rotatable bonds is 5. The van der Waals surface area contributed by atoms with Crippen LogP contribution in [0.2, 0.25) is 0 Å². The first kappa shape index (κ1) is 18.5. The molecule has 0 spiro atoms. The molecule has 0 bridgehead atoms. The van der Waals surface area contributed by atoms with Crippen LogP contribution < -0.4 is 5.32 Å². The van der Waals surface area contributed by atoms with Crippen LogP contribution in [0.5, 0.6) is 0 Å². The third-order valence-corrected chi connectivity index (χ3v) is 5.35. The molecule has 0 saturated carbocycles. The second-order valence-electron chi connectivity index (χ2n) is 7.79. The van der Waals surface area contributed by atoms with E-state index in [4.69, 9.17) is 24.5 Å². The van der Waals surface area contributed by atoms with Crippen LogP contribution in [0.4, 0.5) is 5.82 Å². The van der Waals surface area contributed by atoms with Crippen LogP contribution in [-0.2, 0) is 18.9 Å². The number of imidazole rings is 1. The van der Waals surface area contributed by atoms with Gasteiger partial charge < -0.3 is 24.3 Å². The van der Waals surface area contributed by atoms with Crippen molar-refractivity contribution in [2.75, 3.05) is 25.1 Å². The maximum atomic E-state index is 8.69. The largest absolute Gasteiger partial charge is 0.379 e. The number of hydrogen-bond acceptors (Lipinski definition) is 9. The highest BCUT2D eigenvalue weighted by Crippen LogP contribution is 2.44. The van der Waals surface area contributed by atoms with Crippen molar-refractivity contribution in [2.45, 2.75) is 56.6 Å². The first-order chi connectivity index (χ1) is 14.1. The van der Waals surface area contributed by atoms with Gasteiger partial charge in [-0.1, -0.05) is 5.11 Å². The summed E-state index contributed by atoms with van der Waals surface area (Å²) in [6.07, 6.45) is 2.42. The van der Waals surface area contributed by atoms with E-state index in [1.54, 1.807) is 6.33 Å². The van der Waals surface area contributed by atoms with Crippen LogP contribution >= 0.6 is 0 Å². The average molecular weight is 402 g/mol. The molecule has 1 N–H and O–H groups in total. The van der Waals surface area contributed by atoms with E-state index in [0.717, 1.165) is 13.0 Å². The SMILES string of the molecule is CC1(C)O[C@@H]2[C@H](O1)[C@@H](CN=[N+]=[N-])O[C@H]2n1cnc2c(NC3CCOC3)ncnc21. The molecule has 29 heavy (non-hydrogen) atoms. The van der Waals surface area contributed by atoms with Crippen molar-refractivity contribution in [1.82, 2.24) is 19.5 Å². The molecule has 3 aliphatic heterocycles. The van der Waals surface area contributed by atoms with Gasteiger partial charge in [-0.05, 0) is 25.8 Å². The smallest absolute Gasteiger partial charge is 0.167 e. The second-order valence-corrected chi connectivity index (χ2v) is 7.79. The Balaban J connectivity index is 1.47. The maximum Gasteiger partial charge on any atom is 0.167 e. The zero-order valence-corrected chi connectivity index (χ0v) is 16.1. The number of azide groups is 1. The summed E-state index contributed by atoms with van der Waals surface area (Å²) >= 11 is 0. The fourth-order valence-corrected chi connectivity index (χ4v) is 4.13. The lowest BCUT2D eigenvalue weighted by atomic mass is 10.1. The quantitative estimate of drug-likeness (QED) is 0.453. The van der Waals surface area contributed by atoms with Crippen molar-refractivity contribution in [1.29, 1.82) is 0 Å². The van der Waals surface area contributed by atoms with E-state index in [1.165, 1.54) is 6.33 Å². The summed E-state index contributed by atoms with van der Waals surface area (Å²) in [5, 5.41) is 7.04. The molecule has 154 valence electrons. The number of ether oxygens (including phenoxy) is 4. The molecule has 0 aromatic carbocycles. The minimum absolute atomic E-state index is 0.156. The lowest BCUT2D eigenvalue weighted by Crippen LogP contribution is -2.31. The van der Waals surface area contributed by atoms with E-state index in [2.05, 4.69) is 30.3 Å². The first-order valence-corrected chi connectivity index (χ1v) is 9.59. The summed E-state index contributed by atoms with van der Waals surface area (Å²) in [6.45, 7) is 5.24. The van der Waals surface area contributed by atoms with Gasteiger partial charge in [0.1, 0.15) is 18.5 Å². The van der Waals surface area contributed by atoms with Crippen LogP contribution in [0.3, 0.4) is 0 Å². The number of nitrogens with one attached hydrogen (secondary N) is 1. The average Bonchev–Trinajstić information content (AvgIpc) is 3.45. The summed E-state index contributed by atoms with van der Waals surface area (Å²) in [5.74, 6) is -0.0969. The number of aromatic nitrogens is 4. The minimum Gasteiger partial charge on any atom is -0.379 e. The molecule has 0 amide bonds. The molecule has 12 nitrogen and oxygen atoms in total. The first-order valence-electron chi connectivity index (χ1n) is 9.59. The Kier molecular flexibility index (Phi) is 4.52. The van der Waals surface area contributed by atoms with Gasteiger partial charge in [0.05, 0.1) is 31.6 Å². The minimum atomic E-state index is -0.757. The zero-order valence-electron chi connectivity index (χ0n) is 16.1. The molecule has 1 unspecified atom stereocenters. The van der Waals surface area contributed by atoms with E-state index in [-0.39, 0.29) is 24.8 Å². The lowest BCUT2D eigenvalue weighted by molar-refractivity contribution is -0.195. The fraction of sp³-hybridized carbons (Fsp3) is 0.706. The van der Waals surface area contributed by atoms with Gasteiger partial charge in [-0.15, -0.1) is 0 Å². The number of nitrogens with zero attached hydrogens (tertiary/aromatic N) is 7. The van der Waals surface area contributed by atoms with E-state index in [1.807, 2.05) is 18.4 Å². The monoisotopic (exact) mass is 402 g/mol. The highest BCUT2D eigenvalue weighted by Gasteiger charge is 2.55. The zero-order chi connectivity index (χ0) is 20.0. The van der Waals surface area contributed by atoms with Gasteiger partial charge >= 0.3 is 0 Å². The molecule has 5 heterocycles. The van der Waals surface area contributed by atoms with E-state index in [9.17, 15) is 0 Å². The molecule has 2 aromatic heterocycles. The molecule has 3 aliphatic rings. The Bertz CT molecular complexity index is 952. The Morgan fingerprint density at radius 3 is 2.97 bits per heavy atom. The Labute approximate surface area is 166 Å². The maximum absolute atomic E-state index is 8.69. The number of fused-ring (bicyclic) bond motifs is 2. The van der Waals surface area contributed by atoms with Crippen molar-refractivity contribution in [2.24, 2.45) is 5.11 Å². The van der Waals surface area contributed by atoms with Crippen molar-refractivity contribution in [3.8, 4) is 0 Å². The molecule has 5 rings (SSSR count). The molecular weight excluding hydrogens is 380 g/mol. The summed E-state index contributed by atoms with van der Waals surface area (Å²) in [4.78, 5) is 16.1. The summed E-state index contributed by atoms with van der Waals surface area (Å²) in [7, 11) is 0. The van der Waals surface area contributed by atoms with Gasteiger partial charge in [0, 0.05) is 11.5 Å². The second kappa shape index (κ2) is 7.08. The molecule has 0 aliphatic carbocycles. The van der Waals surface area contributed by atoms with Gasteiger partial charge in [-0.2, -0.15) is 0 Å². The molecule has 3 fully saturated rings. The third kappa shape index (κ3) is 3.28. The van der Waals surface area contributed by atoms with Crippen molar-refractivity contribution >= 4 is 17.0 Å². The Hall–Kier alpha value is -2.50. The van der Waals surface area contributed by atoms with Crippen LogP contribution in [0.15, 0.2) is 17.8 Å². The Morgan fingerprint density at radius 1 is 1.31 bits per heavy atom. The topological polar surface area (TPSA) is 141 Å².